The third kappa shape index (κ3) is 5.28. The van der Waals surface area contributed by atoms with Crippen molar-refractivity contribution in [3.05, 3.63) is 24.0 Å². The molecule has 0 radical (unpaired) electrons. The molecule has 0 aliphatic heterocycles. The highest BCUT2D eigenvalue weighted by molar-refractivity contribution is 5.88. The number of hydrogen-bond donors (Lipinski definition) is 1. The number of nitrogens with one attached hydrogen (secondary N) is 1. The number of anilines is 1. The van der Waals surface area contributed by atoms with Crippen molar-refractivity contribution in [2.45, 2.75) is 39.5 Å². The number of pyridine rings is 1. The second-order valence-electron chi connectivity index (χ2n) is 4.72. The van der Waals surface area contributed by atoms with Gasteiger partial charge in [-0.1, -0.05) is 33.1 Å². The van der Waals surface area contributed by atoms with Crippen LogP contribution >= 0.6 is 0 Å². The third-order valence-electron chi connectivity index (χ3n) is 3.29. The fourth-order valence-corrected chi connectivity index (χ4v) is 1.96. The molecule has 0 aliphatic rings. The van der Waals surface area contributed by atoms with Gasteiger partial charge in [0.15, 0.2) is 0 Å². The molecule has 4 nitrogen and oxygen atoms in total. The van der Waals surface area contributed by atoms with Gasteiger partial charge in [-0.05, 0) is 24.5 Å². The Morgan fingerprint density at radius 2 is 2.26 bits per heavy atom. The minimum atomic E-state index is -0.401. The number of unbranched alkanes of at least 4 members (excludes halogenated alkanes) is 1. The van der Waals surface area contributed by atoms with E-state index in [0.29, 0.717) is 11.6 Å². The van der Waals surface area contributed by atoms with Crippen LogP contribution in [0, 0.1) is 5.92 Å². The zero-order chi connectivity index (χ0) is 14.1. The van der Waals surface area contributed by atoms with E-state index < -0.39 is 5.97 Å². The largest absolute Gasteiger partial charge is 0.464 e. The molecule has 1 heterocycles. The Kier molecular flexibility index (Phi) is 6.93. The molecule has 4 heteroatoms. The van der Waals surface area contributed by atoms with E-state index in [2.05, 4.69) is 28.9 Å². The van der Waals surface area contributed by atoms with Crippen LogP contribution in [0.1, 0.15) is 50.0 Å². The summed E-state index contributed by atoms with van der Waals surface area (Å²) in [6.45, 7) is 5.36. The minimum Gasteiger partial charge on any atom is -0.464 e. The van der Waals surface area contributed by atoms with Crippen LogP contribution < -0.4 is 5.32 Å². The molecule has 0 bridgehead atoms. The minimum absolute atomic E-state index is 0.342. The molecule has 0 fully saturated rings. The molecule has 1 N–H and O–H groups in total. The number of rotatable bonds is 8. The van der Waals surface area contributed by atoms with E-state index in [9.17, 15) is 4.79 Å². The van der Waals surface area contributed by atoms with Crippen molar-refractivity contribution in [1.29, 1.82) is 0 Å². The summed E-state index contributed by atoms with van der Waals surface area (Å²) in [6, 6.07) is 3.61. The lowest BCUT2D eigenvalue weighted by atomic mass is 9.99. The SMILES string of the molecule is CCCCC(CC)CNc1ccnc(C(=O)OC)c1. The van der Waals surface area contributed by atoms with Crippen molar-refractivity contribution < 1.29 is 9.53 Å². The molecule has 0 spiro atoms. The van der Waals surface area contributed by atoms with Crippen molar-refractivity contribution in [1.82, 2.24) is 4.98 Å². The van der Waals surface area contributed by atoms with E-state index in [4.69, 9.17) is 0 Å². The van der Waals surface area contributed by atoms with Crippen LogP contribution in [-0.2, 0) is 4.74 Å². The molecule has 1 unspecified atom stereocenters. The number of hydrogen-bond acceptors (Lipinski definition) is 4. The fourth-order valence-electron chi connectivity index (χ4n) is 1.96. The number of carbonyl (C=O) groups is 1. The molecule has 1 aromatic heterocycles. The number of nitrogens with zero attached hydrogens (tertiary/aromatic N) is 1. The fraction of sp³-hybridized carbons (Fsp3) is 0.600. The summed E-state index contributed by atoms with van der Waals surface area (Å²) in [5, 5.41) is 3.38. The van der Waals surface area contributed by atoms with Crippen molar-refractivity contribution in [3.63, 3.8) is 0 Å². The second kappa shape index (κ2) is 8.51. The van der Waals surface area contributed by atoms with Crippen LogP contribution in [0.2, 0.25) is 0 Å². The van der Waals surface area contributed by atoms with Crippen LogP contribution in [-0.4, -0.2) is 24.6 Å². The van der Waals surface area contributed by atoms with Crippen LogP contribution in [0.4, 0.5) is 5.69 Å². The predicted molar refractivity (Wildman–Crippen MR) is 77.4 cm³/mol. The first kappa shape index (κ1) is 15.5. The van der Waals surface area contributed by atoms with Crippen LogP contribution in [0.15, 0.2) is 18.3 Å². The Hall–Kier alpha value is -1.58. The maximum absolute atomic E-state index is 11.4. The maximum Gasteiger partial charge on any atom is 0.356 e. The Morgan fingerprint density at radius 3 is 2.89 bits per heavy atom. The highest BCUT2D eigenvalue weighted by Crippen LogP contribution is 2.15. The highest BCUT2D eigenvalue weighted by atomic mass is 16.5. The van der Waals surface area contributed by atoms with Gasteiger partial charge in [-0.2, -0.15) is 0 Å². The molecule has 1 atom stereocenters. The van der Waals surface area contributed by atoms with Gasteiger partial charge in [-0.25, -0.2) is 9.78 Å². The molecule has 0 amide bonds. The number of esters is 1. The van der Waals surface area contributed by atoms with Crippen molar-refractivity contribution in [2.75, 3.05) is 19.0 Å². The first-order chi connectivity index (χ1) is 9.21. The summed E-state index contributed by atoms with van der Waals surface area (Å²) in [5.74, 6) is 0.274. The summed E-state index contributed by atoms with van der Waals surface area (Å²) in [5.41, 5.74) is 1.26. The summed E-state index contributed by atoms with van der Waals surface area (Å²) >= 11 is 0. The zero-order valence-electron chi connectivity index (χ0n) is 12.1. The Bertz CT molecular complexity index is 393. The summed E-state index contributed by atoms with van der Waals surface area (Å²) in [4.78, 5) is 15.4. The van der Waals surface area contributed by atoms with Crippen LogP contribution in [0.25, 0.3) is 0 Å². The van der Waals surface area contributed by atoms with Gasteiger partial charge >= 0.3 is 5.97 Å². The Morgan fingerprint density at radius 1 is 1.47 bits per heavy atom. The molecule has 0 saturated carbocycles. The first-order valence-corrected chi connectivity index (χ1v) is 6.99. The molecular weight excluding hydrogens is 240 g/mol. The normalized spacial score (nSPS) is 11.9. The average molecular weight is 264 g/mol. The zero-order valence-corrected chi connectivity index (χ0v) is 12.1. The van der Waals surface area contributed by atoms with Crippen molar-refractivity contribution in [2.24, 2.45) is 5.92 Å². The van der Waals surface area contributed by atoms with Gasteiger partial charge in [0.2, 0.25) is 0 Å². The summed E-state index contributed by atoms with van der Waals surface area (Å²) < 4.78 is 4.66. The number of aromatic nitrogens is 1. The topological polar surface area (TPSA) is 51.2 Å². The molecule has 0 aromatic carbocycles. The predicted octanol–water partition coefficient (Wildman–Crippen LogP) is 3.50. The highest BCUT2D eigenvalue weighted by Gasteiger charge is 2.09. The van der Waals surface area contributed by atoms with Gasteiger partial charge < -0.3 is 10.1 Å². The van der Waals surface area contributed by atoms with E-state index in [1.54, 1.807) is 12.3 Å². The second-order valence-corrected chi connectivity index (χ2v) is 4.72. The van der Waals surface area contributed by atoms with E-state index in [-0.39, 0.29) is 0 Å². The average Bonchev–Trinajstić information content (AvgIpc) is 2.47. The third-order valence-corrected chi connectivity index (χ3v) is 3.29. The van der Waals surface area contributed by atoms with Gasteiger partial charge in [0.05, 0.1) is 7.11 Å². The Balaban J connectivity index is 2.54. The van der Waals surface area contributed by atoms with Crippen molar-refractivity contribution in [3.8, 4) is 0 Å². The summed E-state index contributed by atoms with van der Waals surface area (Å²) in [7, 11) is 1.36. The van der Waals surface area contributed by atoms with E-state index in [1.807, 2.05) is 6.07 Å². The maximum atomic E-state index is 11.4. The monoisotopic (exact) mass is 264 g/mol. The van der Waals surface area contributed by atoms with Crippen LogP contribution in [0.5, 0.6) is 0 Å². The first-order valence-electron chi connectivity index (χ1n) is 6.99. The van der Waals surface area contributed by atoms with Gasteiger partial charge in [-0.15, -0.1) is 0 Å². The van der Waals surface area contributed by atoms with Gasteiger partial charge in [0, 0.05) is 18.4 Å². The molecule has 106 valence electrons. The number of ether oxygens (including phenoxy) is 1. The molecule has 1 rings (SSSR count). The Labute approximate surface area is 115 Å². The van der Waals surface area contributed by atoms with Gasteiger partial charge in [0.1, 0.15) is 5.69 Å². The van der Waals surface area contributed by atoms with Gasteiger partial charge in [-0.3, -0.25) is 0 Å². The lowest BCUT2D eigenvalue weighted by Gasteiger charge is -2.16. The van der Waals surface area contributed by atoms with E-state index in [0.717, 1.165) is 12.2 Å². The van der Waals surface area contributed by atoms with E-state index >= 15 is 0 Å². The van der Waals surface area contributed by atoms with Crippen LogP contribution in [0.3, 0.4) is 0 Å². The molecular formula is C15H24N2O2. The number of methoxy groups -OCH3 is 1. The smallest absolute Gasteiger partial charge is 0.356 e. The van der Waals surface area contributed by atoms with Gasteiger partial charge in [0.25, 0.3) is 0 Å². The van der Waals surface area contributed by atoms with E-state index in [1.165, 1.54) is 32.8 Å². The summed E-state index contributed by atoms with van der Waals surface area (Å²) in [6.07, 6.45) is 6.54. The standard InChI is InChI=1S/C15H24N2O2/c1-4-6-7-12(5-2)11-17-13-8-9-16-14(10-13)15(18)19-3/h8-10,12H,4-7,11H2,1-3H3,(H,16,17). The molecule has 19 heavy (non-hydrogen) atoms. The lowest BCUT2D eigenvalue weighted by molar-refractivity contribution is 0.0594. The molecule has 1 aromatic rings. The van der Waals surface area contributed by atoms with Crippen molar-refractivity contribution >= 4 is 11.7 Å². The quantitative estimate of drug-likeness (QED) is 0.730. The molecule has 0 saturated heterocycles. The number of carbonyl (C=O) groups excluding carboxylic acids is 1. The lowest BCUT2D eigenvalue weighted by Crippen LogP contribution is -2.14. The molecule has 0 aliphatic carbocycles.